The Balaban J connectivity index is 0.000000189. The minimum atomic E-state index is -4.52. The molecule has 6 atom stereocenters. The number of aliphatic carboxylic acids is 1. The van der Waals surface area contributed by atoms with Crippen molar-refractivity contribution in [3.8, 4) is 0 Å². The van der Waals surface area contributed by atoms with Gasteiger partial charge in [0.1, 0.15) is 11.4 Å². The van der Waals surface area contributed by atoms with Crippen LogP contribution in [-0.2, 0) is 21.9 Å². The van der Waals surface area contributed by atoms with Crippen LogP contribution in [0.25, 0.3) is 0 Å². The number of hydrogen-bond donors (Lipinski definition) is 5. The second-order valence-electron chi connectivity index (χ2n) is 12.0. The van der Waals surface area contributed by atoms with E-state index >= 15 is 0 Å². The fourth-order valence-corrected chi connectivity index (χ4v) is 5.28. The van der Waals surface area contributed by atoms with E-state index in [0.29, 0.717) is 11.1 Å². The lowest BCUT2D eigenvalue weighted by Crippen LogP contribution is -2.32. The number of halogens is 6. The van der Waals surface area contributed by atoms with Gasteiger partial charge in [-0.1, -0.05) is 72.8 Å². The van der Waals surface area contributed by atoms with Gasteiger partial charge in [0.05, 0.1) is 31.2 Å². The first kappa shape index (κ1) is 38.9. The maximum Gasteiger partial charge on any atom is 0.433 e. The van der Waals surface area contributed by atoms with Crippen LogP contribution in [0.5, 0.6) is 0 Å². The lowest BCUT2D eigenvalue weighted by molar-refractivity contribution is -0.142. The van der Waals surface area contributed by atoms with Gasteiger partial charge in [-0.2, -0.15) is 26.3 Å². The van der Waals surface area contributed by atoms with Crippen LogP contribution in [0.15, 0.2) is 97.3 Å². The highest BCUT2D eigenvalue weighted by molar-refractivity contribution is 5.83. The molecule has 0 aliphatic heterocycles. The second-order valence-corrected chi connectivity index (χ2v) is 12.0. The molecule has 0 unspecified atom stereocenters. The van der Waals surface area contributed by atoms with Crippen molar-refractivity contribution in [3.63, 3.8) is 0 Å². The van der Waals surface area contributed by atoms with Crippen LogP contribution in [0.1, 0.15) is 70.4 Å². The van der Waals surface area contributed by atoms with Gasteiger partial charge in [0, 0.05) is 18.3 Å². The topological polar surface area (TPSA) is 159 Å². The van der Waals surface area contributed by atoms with Crippen LogP contribution in [0.2, 0.25) is 0 Å². The fraction of sp³-hybridized carbons (Fsp3) is 0.333. The number of nitrogens with two attached hydrogens (primary N) is 1. The molecule has 272 valence electrons. The zero-order chi connectivity index (χ0) is 37.3. The molecule has 6 N–H and O–H groups in total. The quantitative estimate of drug-likeness (QED) is 0.132. The van der Waals surface area contributed by atoms with Gasteiger partial charge >= 0.3 is 18.3 Å². The number of carbonyl (C=O) groups is 2. The molecular formula is C36H36F6N4O5. The molecule has 15 heteroatoms. The standard InChI is InChI=1S/C18H17F3N2O2.C10H10O2.C8H9F3N2O/c19-18(20,21)16-7-6-12(9-22-16)15(10-24)23-17(25)14-8-13(14)11-4-2-1-3-5-11;11-10(12)9-6-8(9)7-4-2-1-3-5-7;9-8(10,11)7-2-1-5(3-13-7)6(12)4-14/h1-7,9,13-15,24H,8,10H2,(H,23,25);1-5,8-9H,6H2,(H,11,12);1-3,6,14H,4,12H2/t13-,14+,15+;8-,9+;6-/m110/s1. The predicted octanol–water partition coefficient (Wildman–Crippen LogP) is 6.02. The number of carboxylic acids is 1. The summed E-state index contributed by atoms with van der Waals surface area (Å²) in [6.07, 6.45) is -5.39. The molecule has 51 heavy (non-hydrogen) atoms. The Bertz CT molecular complexity index is 1710. The molecule has 2 heterocycles. The predicted molar refractivity (Wildman–Crippen MR) is 173 cm³/mol. The summed E-state index contributed by atoms with van der Waals surface area (Å²) >= 11 is 0. The average molecular weight is 719 g/mol. The SMILES string of the molecule is N[C@@H](CO)c1ccc(C(F)(F)F)nc1.O=C(N[C@@H](CO)c1ccc(C(F)(F)F)nc1)[C@H]1C[C@@H]1c1ccccc1.O=C(O)[C@H]1C[C@@H]1c1ccccc1. The molecule has 4 aromatic rings. The van der Waals surface area contributed by atoms with Gasteiger partial charge in [0.25, 0.3) is 0 Å². The maximum absolute atomic E-state index is 12.5. The minimum Gasteiger partial charge on any atom is -0.481 e. The van der Waals surface area contributed by atoms with E-state index in [1.165, 1.54) is 12.1 Å². The number of hydrogen-bond acceptors (Lipinski definition) is 7. The third kappa shape index (κ3) is 11.1. The molecule has 2 fully saturated rings. The average Bonchev–Trinajstić information content (AvgIpc) is 4.06. The number of nitrogens with one attached hydrogen (secondary N) is 1. The molecule has 1 amide bonds. The third-order valence-electron chi connectivity index (χ3n) is 8.37. The van der Waals surface area contributed by atoms with Crippen LogP contribution >= 0.6 is 0 Å². The summed E-state index contributed by atoms with van der Waals surface area (Å²) in [5.74, 6) is -0.780. The smallest absolute Gasteiger partial charge is 0.433 e. The Kier molecular flexibility index (Phi) is 12.9. The summed E-state index contributed by atoms with van der Waals surface area (Å²) in [7, 11) is 0. The van der Waals surface area contributed by atoms with E-state index in [1.807, 2.05) is 60.7 Å². The summed E-state index contributed by atoms with van der Waals surface area (Å²) in [6, 6.07) is 22.1. The van der Waals surface area contributed by atoms with Crippen molar-refractivity contribution in [1.29, 1.82) is 0 Å². The number of aromatic nitrogens is 2. The first-order valence-electron chi connectivity index (χ1n) is 15.8. The molecule has 2 aliphatic rings. The molecule has 0 saturated heterocycles. The Labute approximate surface area is 289 Å². The van der Waals surface area contributed by atoms with Crippen LogP contribution in [0.3, 0.4) is 0 Å². The maximum atomic E-state index is 12.5. The lowest BCUT2D eigenvalue weighted by Gasteiger charge is -2.17. The lowest BCUT2D eigenvalue weighted by atomic mass is 10.1. The van der Waals surface area contributed by atoms with E-state index in [0.717, 1.165) is 48.5 Å². The Morgan fingerprint density at radius 2 is 1.16 bits per heavy atom. The molecule has 9 nitrogen and oxygen atoms in total. The van der Waals surface area contributed by atoms with Crippen LogP contribution < -0.4 is 11.1 Å². The van der Waals surface area contributed by atoms with Crippen molar-refractivity contribution in [2.24, 2.45) is 17.6 Å². The normalized spacial score (nSPS) is 20.3. The number of benzene rings is 2. The van der Waals surface area contributed by atoms with Gasteiger partial charge in [-0.15, -0.1) is 0 Å². The van der Waals surface area contributed by atoms with Gasteiger partial charge in [0.15, 0.2) is 0 Å². The van der Waals surface area contributed by atoms with E-state index in [4.69, 9.17) is 15.9 Å². The summed E-state index contributed by atoms with van der Waals surface area (Å²) in [5.41, 5.74) is 6.36. The molecule has 0 spiro atoms. The van der Waals surface area contributed by atoms with Gasteiger partial charge in [-0.05, 0) is 59.1 Å². The van der Waals surface area contributed by atoms with E-state index in [2.05, 4.69) is 15.3 Å². The number of nitrogens with zero attached hydrogens (tertiary/aromatic N) is 2. The van der Waals surface area contributed by atoms with Crippen LogP contribution in [-0.4, -0.2) is 50.4 Å². The number of carboxylic acid groups (broad SMARTS) is 1. The molecule has 2 aromatic carbocycles. The van der Waals surface area contributed by atoms with Crippen molar-refractivity contribution in [2.45, 2.75) is 49.1 Å². The molecule has 2 saturated carbocycles. The van der Waals surface area contributed by atoms with Gasteiger partial charge in [-0.25, -0.2) is 0 Å². The first-order valence-corrected chi connectivity index (χ1v) is 15.8. The summed E-state index contributed by atoms with van der Waals surface area (Å²) in [5, 5.41) is 29.5. The number of alkyl halides is 6. The number of rotatable bonds is 9. The first-order chi connectivity index (χ1) is 24.1. The Morgan fingerprint density at radius 3 is 1.53 bits per heavy atom. The largest absolute Gasteiger partial charge is 0.481 e. The van der Waals surface area contributed by atoms with Gasteiger partial charge in [-0.3, -0.25) is 19.6 Å². The monoisotopic (exact) mass is 718 g/mol. The zero-order valence-electron chi connectivity index (χ0n) is 26.9. The van der Waals surface area contributed by atoms with Crippen molar-refractivity contribution >= 4 is 11.9 Å². The minimum absolute atomic E-state index is 0.132. The highest BCUT2D eigenvalue weighted by Gasteiger charge is 2.45. The van der Waals surface area contributed by atoms with Gasteiger partial charge < -0.3 is 26.4 Å². The molecule has 0 bridgehead atoms. The van der Waals surface area contributed by atoms with Crippen molar-refractivity contribution in [2.75, 3.05) is 13.2 Å². The third-order valence-corrected chi connectivity index (χ3v) is 8.37. The molecular weight excluding hydrogens is 682 g/mol. The fourth-order valence-electron chi connectivity index (χ4n) is 5.28. The number of pyridine rings is 2. The van der Waals surface area contributed by atoms with Crippen LogP contribution in [0, 0.1) is 11.8 Å². The van der Waals surface area contributed by atoms with E-state index in [1.54, 1.807) is 0 Å². The number of amides is 1. The van der Waals surface area contributed by atoms with Crippen molar-refractivity contribution < 1.29 is 51.3 Å². The van der Waals surface area contributed by atoms with Crippen molar-refractivity contribution in [3.05, 3.63) is 131 Å². The van der Waals surface area contributed by atoms with Crippen molar-refractivity contribution in [1.82, 2.24) is 15.3 Å². The van der Waals surface area contributed by atoms with E-state index in [9.17, 15) is 41.0 Å². The Morgan fingerprint density at radius 1 is 0.706 bits per heavy atom. The van der Waals surface area contributed by atoms with E-state index < -0.39 is 48.4 Å². The molecule has 0 radical (unpaired) electrons. The highest BCUT2D eigenvalue weighted by atomic mass is 19.4. The zero-order valence-corrected chi connectivity index (χ0v) is 26.9. The number of aliphatic hydroxyl groups is 2. The van der Waals surface area contributed by atoms with Crippen LogP contribution in [0.4, 0.5) is 26.3 Å². The second kappa shape index (κ2) is 16.9. The molecule has 2 aromatic heterocycles. The molecule has 6 rings (SSSR count). The summed E-state index contributed by atoms with van der Waals surface area (Å²) < 4.78 is 73.8. The summed E-state index contributed by atoms with van der Waals surface area (Å²) in [4.78, 5) is 29.4. The number of aliphatic hydroxyl groups excluding tert-OH is 2. The molecule has 2 aliphatic carbocycles. The van der Waals surface area contributed by atoms with E-state index in [-0.39, 0.29) is 36.2 Å². The number of carbonyl (C=O) groups excluding carboxylic acids is 1. The summed E-state index contributed by atoms with van der Waals surface area (Å²) in [6.45, 7) is -0.742. The Hall–Kier alpha value is -4.86. The van der Waals surface area contributed by atoms with Gasteiger partial charge in [0.2, 0.25) is 5.91 Å². The highest BCUT2D eigenvalue weighted by Crippen LogP contribution is 2.48.